The average Bonchev–Trinajstić information content (AvgIpc) is 2.85. The normalized spacial score (nSPS) is 11.4. The van der Waals surface area contributed by atoms with E-state index < -0.39 is 0 Å². The summed E-state index contributed by atoms with van der Waals surface area (Å²) in [6.07, 6.45) is 0. The van der Waals surface area contributed by atoms with Gasteiger partial charge in [0.1, 0.15) is 11.3 Å². The van der Waals surface area contributed by atoms with Gasteiger partial charge in [-0.1, -0.05) is 18.2 Å². The van der Waals surface area contributed by atoms with Gasteiger partial charge in [-0.05, 0) is 43.1 Å². The predicted octanol–water partition coefficient (Wildman–Crippen LogP) is 3.94. The van der Waals surface area contributed by atoms with Crippen molar-refractivity contribution < 1.29 is 5.11 Å². The highest BCUT2D eigenvalue weighted by molar-refractivity contribution is 7.10. The molecular formula is C17H18N2OS. The van der Waals surface area contributed by atoms with Crippen LogP contribution in [0.1, 0.15) is 16.1 Å². The van der Waals surface area contributed by atoms with Crippen LogP contribution in [0.25, 0.3) is 10.9 Å². The summed E-state index contributed by atoms with van der Waals surface area (Å²) >= 11 is 1.79. The van der Waals surface area contributed by atoms with Gasteiger partial charge in [0.05, 0.1) is 5.69 Å². The highest BCUT2D eigenvalue weighted by Gasteiger charge is 2.08. The van der Waals surface area contributed by atoms with Gasteiger partial charge in [0, 0.05) is 23.4 Å². The summed E-state index contributed by atoms with van der Waals surface area (Å²) in [5.41, 5.74) is 2.99. The van der Waals surface area contributed by atoms with Gasteiger partial charge in [0.15, 0.2) is 0 Å². The van der Waals surface area contributed by atoms with Crippen molar-refractivity contribution in [1.29, 1.82) is 0 Å². The molecule has 3 aromatic rings. The van der Waals surface area contributed by atoms with E-state index in [1.165, 1.54) is 10.4 Å². The number of hydrogen-bond acceptors (Lipinski definition) is 4. The number of benzene rings is 1. The van der Waals surface area contributed by atoms with Crippen LogP contribution < -0.4 is 0 Å². The molecular weight excluding hydrogens is 280 g/mol. The number of hydrogen-bond donors (Lipinski definition) is 1. The molecule has 1 N–H and O–H groups in total. The Labute approximate surface area is 128 Å². The number of para-hydroxylation sites is 1. The molecule has 0 fully saturated rings. The maximum absolute atomic E-state index is 9.90. The third-order valence-electron chi connectivity index (χ3n) is 3.57. The Bertz CT molecular complexity index is 766. The topological polar surface area (TPSA) is 36.4 Å². The second-order valence-electron chi connectivity index (χ2n) is 5.35. The number of fused-ring (bicyclic) bond motifs is 1. The smallest absolute Gasteiger partial charge is 0.141 e. The summed E-state index contributed by atoms with van der Waals surface area (Å²) in [5.74, 6) is 0.242. The lowest BCUT2D eigenvalue weighted by atomic mass is 10.2. The molecule has 0 amide bonds. The van der Waals surface area contributed by atoms with Crippen LogP contribution in [0.3, 0.4) is 0 Å². The van der Waals surface area contributed by atoms with Crippen molar-refractivity contribution in [2.24, 2.45) is 0 Å². The van der Waals surface area contributed by atoms with Crippen molar-refractivity contribution in [3.8, 4) is 5.75 Å². The fourth-order valence-electron chi connectivity index (χ4n) is 2.40. The minimum absolute atomic E-state index is 0.242. The van der Waals surface area contributed by atoms with E-state index in [1.54, 1.807) is 17.4 Å². The first-order valence-corrected chi connectivity index (χ1v) is 7.80. The van der Waals surface area contributed by atoms with Crippen molar-refractivity contribution in [3.05, 3.63) is 57.9 Å². The van der Waals surface area contributed by atoms with Crippen LogP contribution in [0.5, 0.6) is 5.75 Å². The monoisotopic (exact) mass is 298 g/mol. The average molecular weight is 298 g/mol. The molecule has 21 heavy (non-hydrogen) atoms. The molecule has 0 aliphatic heterocycles. The summed E-state index contributed by atoms with van der Waals surface area (Å²) in [4.78, 5) is 8.21. The Morgan fingerprint density at radius 2 is 2.00 bits per heavy atom. The molecule has 0 aliphatic rings. The lowest BCUT2D eigenvalue weighted by molar-refractivity contribution is 0.317. The fourth-order valence-corrected chi connectivity index (χ4v) is 3.39. The molecule has 0 atom stereocenters. The van der Waals surface area contributed by atoms with Crippen LogP contribution in [-0.4, -0.2) is 22.0 Å². The minimum Gasteiger partial charge on any atom is -0.506 e. The molecule has 4 heteroatoms. The molecule has 2 heterocycles. The number of pyridine rings is 1. The molecule has 1 aromatic carbocycles. The van der Waals surface area contributed by atoms with E-state index in [9.17, 15) is 5.11 Å². The predicted molar refractivity (Wildman–Crippen MR) is 87.6 cm³/mol. The van der Waals surface area contributed by atoms with Crippen LogP contribution in [0.15, 0.2) is 41.8 Å². The number of thiophene rings is 1. The van der Waals surface area contributed by atoms with Gasteiger partial charge in [-0.25, -0.2) is 4.98 Å². The number of rotatable bonds is 4. The van der Waals surface area contributed by atoms with Crippen LogP contribution in [0.4, 0.5) is 0 Å². The highest BCUT2D eigenvalue weighted by atomic mass is 32.1. The van der Waals surface area contributed by atoms with Crippen LogP contribution in [0.2, 0.25) is 0 Å². The zero-order chi connectivity index (χ0) is 14.8. The number of phenols is 1. The first-order chi connectivity index (χ1) is 10.1. The maximum Gasteiger partial charge on any atom is 0.141 e. The summed E-state index contributed by atoms with van der Waals surface area (Å²) < 4.78 is 0. The Morgan fingerprint density at radius 1 is 1.14 bits per heavy atom. The zero-order valence-electron chi connectivity index (χ0n) is 12.2. The van der Waals surface area contributed by atoms with E-state index in [0.717, 1.165) is 24.2 Å². The third-order valence-corrected chi connectivity index (χ3v) is 4.58. The van der Waals surface area contributed by atoms with Gasteiger partial charge in [0.25, 0.3) is 0 Å². The molecule has 3 rings (SSSR count). The number of aryl methyl sites for hydroxylation is 1. The van der Waals surface area contributed by atoms with Gasteiger partial charge < -0.3 is 5.11 Å². The van der Waals surface area contributed by atoms with Crippen LogP contribution in [0, 0.1) is 6.92 Å². The minimum atomic E-state index is 0.242. The first-order valence-electron chi connectivity index (χ1n) is 6.92. The number of nitrogens with zero attached hydrogens (tertiary/aromatic N) is 2. The van der Waals surface area contributed by atoms with Gasteiger partial charge in [-0.15, -0.1) is 11.3 Å². The quantitative estimate of drug-likeness (QED) is 0.792. The molecule has 0 aliphatic carbocycles. The van der Waals surface area contributed by atoms with E-state index in [0.29, 0.717) is 5.52 Å². The van der Waals surface area contributed by atoms with Crippen molar-refractivity contribution in [2.75, 3.05) is 7.05 Å². The molecule has 0 unspecified atom stereocenters. The second kappa shape index (κ2) is 5.84. The lowest BCUT2D eigenvalue weighted by Crippen LogP contribution is -2.17. The molecule has 0 bridgehead atoms. The second-order valence-corrected chi connectivity index (χ2v) is 6.35. The number of aromatic hydroxyl groups is 1. The Kier molecular flexibility index (Phi) is 3.90. The largest absolute Gasteiger partial charge is 0.506 e. The summed E-state index contributed by atoms with van der Waals surface area (Å²) in [5, 5.41) is 13.0. The third kappa shape index (κ3) is 3.06. The SMILES string of the molecule is Cc1ccsc1CN(C)Cc1ccc2cccc(O)c2n1. The fraction of sp³-hybridized carbons (Fsp3) is 0.235. The molecule has 0 saturated heterocycles. The lowest BCUT2D eigenvalue weighted by Gasteiger charge is -2.16. The molecule has 0 spiro atoms. The van der Waals surface area contributed by atoms with E-state index in [1.807, 2.05) is 24.3 Å². The van der Waals surface area contributed by atoms with Crippen LogP contribution in [-0.2, 0) is 13.1 Å². The Balaban J connectivity index is 1.78. The molecule has 3 nitrogen and oxygen atoms in total. The molecule has 2 aromatic heterocycles. The summed E-state index contributed by atoms with van der Waals surface area (Å²) in [7, 11) is 2.09. The first kappa shape index (κ1) is 14.0. The molecule has 0 radical (unpaired) electrons. The Morgan fingerprint density at radius 3 is 2.76 bits per heavy atom. The van der Waals surface area contributed by atoms with E-state index >= 15 is 0 Å². The standard InChI is InChI=1S/C17H18N2OS/c1-12-8-9-21-16(12)11-19(2)10-14-7-6-13-4-3-5-15(20)17(13)18-14/h3-9,20H,10-11H2,1-2H3. The highest BCUT2D eigenvalue weighted by Crippen LogP contribution is 2.23. The number of phenolic OH excluding ortho intramolecular Hbond substituents is 1. The van der Waals surface area contributed by atoms with Crippen molar-refractivity contribution >= 4 is 22.2 Å². The van der Waals surface area contributed by atoms with Gasteiger partial charge in [0.2, 0.25) is 0 Å². The van der Waals surface area contributed by atoms with Gasteiger partial charge in [-0.2, -0.15) is 0 Å². The van der Waals surface area contributed by atoms with Crippen molar-refractivity contribution in [1.82, 2.24) is 9.88 Å². The van der Waals surface area contributed by atoms with Crippen molar-refractivity contribution in [3.63, 3.8) is 0 Å². The van der Waals surface area contributed by atoms with E-state index in [4.69, 9.17) is 0 Å². The van der Waals surface area contributed by atoms with Crippen molar-refractivity contribution in [2.45, 2.75) is 20.0 Å². The molecule has 0 saturated carbocycles. The van der Waals surface area contributed by atoms with Crippen LogP contribution >= 0.6 is 11.3 Å². The summed E-state index contributed by atoms with van der Waals surface area (Å²) in [6, 6.07) is 11.7. The van der Waals surface area contributed by atoms with E-state index in [2.05, 4.69) is 35.3 Å². The summed E-state index contributed by atoms with van der Waals surface area (Å²) in [6.45, 7) is 3.83. The number of aromatic nitrogens is 1. The zero-order valence-corrected chi connectivity index (χ0v) is 13.0. The Hall–Kier alpha value is -1.91. The van der Waals surface area contributed by atoms with Gasteiger partial charge in [-0.3, -0.25) is 4.90 Å². The van der Waals surface area contributed by atoms with Gasteiger partial charge >= 0.3 is 0 Å². The maximum atomic E-state index is 9.90. The molecule has 108 valence electrons. The van der Waals surface area contributed by atoms with E-state index in [-0.39, 0.29) is 5.75 Å².